The fraction of sp³-hybridized carbons (Fsp3) is 0.591. The third-order valence-electron chi connectivity index (χ3n) is 4.72. The summed E-state index contributed by atoms with van der Waals surface area (Å²) in [6, 6.07) is 7.64. The Kier molecular flexibility index (Phi) is 9.94. The zero-order valence-electron chi connectivity index (χ0n) is 18.6. The molecule has 1 N–H and O–H groups in total. The van der Waals surface area contributed by atoms with E-state index in [1.165, 1.54) is 11.8 Å². The van der Waals surface area contributed by atoms with Gasteiger partial charge in [-0.05, 0) is 57.6 Å². The van der Waals surface area contributed by atoms with Crippen LogP contribution in [0.5, 0.6) is 0 Å². The van der Waals surface area contributed by atoms with E-state index >= 15 is 0 Å². The van der Waals surface area contributed by atoms with E-state index in [9.17, 15) is 4.79 Å². The van der Waals surface area contributed by atoms with Gasteiger partial charge in [-0.25, -0.2) is 4.79 Å². The van der Waals surface area contributed by atoms with Crippen molar-refractivity contribution < 1.29 is 14.3 Å². The first-order valence-corrected chi connectivity index (χ1v) is 11.9. The van der Waals surface area contributed by atoms with E-state index in [-0.39, 0.29) is 18.1 Å². The van der Waals surface area contributed by atoms with Crippen molar-refractivity contribution in [2.24, 2.45) is 10.9 Å². The smallest absolute Gasteiger partial charge is 0.410 e. The van der Waals surface area contributed by atoms with Crippen molar-refractivity contribution in [2.45, 2.75) is 45.3 Å². The number of rotatable bonds is 6. The molecule has 1 saturated heterocycles. The van der Waals surface area contributed by atoms with Crippen molar-refractivity contribution in [3.8, 4) is 6.19 Å². The molecule has 1 heterocycles. The van der Waals surface area contributed by atoms with E-state index in [4.69, 9.17) is 26.3 Å². The van der Waals surface area contributed by atoms with Crippen LogP contribution < -0.4 is 5.32 Å². The number of carbonyl (C=O) groups is 1. The van der Waals surface area contributed by atoms with Crippen molar-refractivity contribution >= 4 is 34.6 Å². The van der Waals surface area contributed by atoms with E-state index in [1.54, 1.807) is 4.90 Å². The van der Waals surface area contributed by atoms with Gasteiger partial charge in [0, 0.05) is 24.0 Å². The van der Waals surface area contributed by atoms with Crippen LogP contribution in [0.25, 0.3) is 0 Å². The normalized spacial score (nSPS) is 18.3. The quantitative estimate of drug-likeness (QED) is 0.212. The lowest BCUT2D eigenvalue weighted by Gasteiger charge is -2.37. The number of piperidine rings is 1. The Balaban J connectivity index is 2.11. The number of amides is 1. The van der Waals surface area contributed by atoms with Gasteiger partial charge in [-0.2, -0.15) is 5.26 Å². The third kappa shape index (κ3) is 8.60. The molecule has 0 aliphatic carbocycles. The van der Waals surface area contributed by atoms with Crippen LogP contribution in [0.15, 0.2) is 29.3 Å². The first-order chi connectivity index (χ1) is 14.7. The zero-order chi connectivity index (χ0) is 22.9. The van der Waals surface area contributed by atoms with Crippen molar-refractivity contribution in [2.75, 3.05) is 32.5 Å². The number of nitrogens with zero attached hydrogens (tertiary/aromatic N) is 3. The summed E-state index contributed by atoms with van der Waals surface area (Å²) in [5.74, 6) is 0.112. The molecule has 0 radical (unpaired) electrons. The Hall–Kier alpha value is -1.95. The first-order valence-electron chi connectivity index (χ1n) is 10.3. The summed E-state index contributed by atoms with van der Waals surface area (Å²) in [4.78, 5) is 18.7. The summed E-state index contributed by atoms with van der Waals surface area (Å²) >= 11 is 7.61. The number of hydrogen-bond acceptors (Lipinski definition) is 6. The Labute approximate surface area is 194 Å². The molecule has 0 aromatic heterocycles. The van der Waals surface area contributed by atoms with Gasteiger partial charge in [-0.1, -0.05) is 35.5 Å². The van der Waals surface area contributed by atoms with Gasteiger partial charge in [-0.3, -0.25) is 10.3 Å². The second kappa shape index (κ2) is 12.2. The predicted octanol–water partition coefficient (Wildman–Crippen LogP) is 4.83. The molecule has 2 rings (SSSR count). The minimum atomic E-state index is -0.530. The van der Waals surface area contributed by atoms with Crippen LogP contribution >= 0.6 is 23.4 Å². The Morgan fingerprint density at radius 1 is 1.48 bits per heavy atom. The van der Waals surface area contributed by atoms with Gasteiger partial charge in [-0.15, -0.1) is 0 Å². The van der Waals surface area contributed by atoms with Crippen molar-refractivity contribution in [1.29, 1.82) is 5.26 Å². The maximum Gasteiger partial charge on any atom is 0.410 e. The third-order valence-corrected chi connectivity index (χ3v) is 5.57. The van der Waals surface area contributed by atoms with Crippen LogP contribution in [0.2, 0.25) is 5.02 Å². The van der Waals surface area contributed by atoms with Gasteiger partial charge in [0.2, 0.25) is 0 Å². The summed E-state index contributed by atoms with van der Waals surface area (Å²) in [5.41, 5.74) is 0.449. The molecule has 31 heavy (non-hydrogen) atoms. The Morgan fingerprint density at radius 3 is 2.90 bits per heavy atom. The van der Waals surface area contributed by atoms with E-state index in [0.29, 0.717) is 36.4 Å². The Morgan fingerprint density at radius 2 is 2.26 bits per heavy atom. The lowest BCUT2D eigenvalue weighted by Crippen LogP contribution is -2.44. The zero-order valence-corrected chi connectivity index (χ0v) is 20.1. The average molecular weight is 467 g/mol. The second-order valence-electron chi connectivity index (χ2n) is 8.30. The van der Waals surface area contributed by atoms with Gasteiger partial charge in [0.25, 0.3) is 0 Å². The number of carbonyl (C=O) groups excluding carboxylic acids is 1. The molecule has 9 heteroatoms. The van der Waals surface area contributed by atoms with Gasteiger partial charge in [0.15, 0.2) is 11.4 Å². The first kappa shape index (κ1) is 25.3. The van der Waals surface area contributed by atoms with Crippen LogP contribution in [0, 0.1) is 17.4 Å². The van der Waals surface area contributed by atoms with Crippen molar-refractivity contribution in [1.82, 2.24) is 10.2 Å². The monoisotopic (exact) mass is 466 g/mol. The molecule has 2 atom stereocenters. The second-order valence-corrected chi connectivity index (χ2v) is 9.53. The van der Waals surface area contributed by atoms with Crippen LogP contribution in [0.3, 0.4) is 0 Å². The van der Waals surface area contributed by atoms with Crippen molar-refractivity contribution in [3.63, 3.8) is 0 Å². The number of thioether (sulfide) groups is 1. The van der Waals surface area contributed by atoms with E-state index < -0.39 is 5.60 Å². The largest absolute Gasteiger partial charge is 0.444 e. The average Bonchev–Trinajstić information content (AvgIpc) is 2.71. The van der Waals surface area contributed by atoms with Crippen molar-refractivity contribution in [3.05, 3.63) is 34.9 Å². The number of likely N-dealkylation sites (tertiary alicyclic amines) is 1. The van der Waals surface area contributed by atoms with Gasteiger partial charge in [0.05, 0.1) is 19.3 Å². The lowest BCUT2D eigenvalue weighted by molar-refractivity contribution is -0.0232. The maximum absolute atomic E-state index is 12.6. The van der Waals surface area contributed by atoms with Gasteiger partial charge in [0.1, 0.15) is 5.60 Å². The molecule has 170 valence electrons. The molecule has 1 amide bonds. The molecule has 1 fully saturated rings. The molecule has 7 nitrogen and oxygen atoms in total. The summed E-state index contributed by atoms with van der Waals surface area (Å²) in [7, 11) is 0. The molecule has 0 saturated carbocycles. The van der Waals surface area contributed by atoms with Crippen LogP contribution in [-0.2, 0) is 9.47 Å². The number of nitrogens with one attached hydrogen (secondary N) is 1. The van der Waals surface area contributed by atoms with Gasteiger partial charge < -0.3 is 14.4 Å². The fourth-order valence-corrected chi connectivity index (χ4v) is 4.03. The summed E-state index contributed by atoms with van der Waals surface area (Å²) in [6.07, 6.45) is 5.03. The molecular formula is C22H31ClN4O3S. The van der Waals surface area contributed by atoms with E-state index in [1.807, 2.05) is 57.5 Å². The number of hydrogen-bond donors (Lipinski definition) is 1. The standard InChI is InChI=1S/C22H31ClN4O3S/c1-22(2,3)30-21(28)27-11-6-8-17(14-27)19(16-7-5-9-18(23)13-16)29-12-10-25-20(31-4)26-15-24/h5,7,9,13,17,19H,6,8,10-12,14H2,1-4H3,(H,25,26)/t17?,19-/m0/s1. The highest BCUT2D eigenvalue weighted by Crippen LogP contribution is 2.34. The van der Waals surface area contributed by atoms with Crippen LogP contribution in [-0.4, -0.2) is 54.3 Å². The maximum atomic E-state index is 12.6. The summed E-state index contributed by atoms with van der Waals surface area (Å²) in [5, 5.41) is 12.5. The minimum absolute atomic E-state index is 0.112. The van der Waals surface area contributed by atoms with Gasteiger partial charge >= 0.3 is 6.09 Å². The number of aliphatic imine (C=N–C) groups is 1. The molecular weight excluding hydrogens is 436 g/mol. The number of nitriles is 1. The molecule has 1 aromatic rings. The number of ether oxygens (including phenoxy) is 2. The fourth-order valence-electron chi connectivity index (χ4n) is 3.47. The highest BCUT2D eigenvalue weighted by atomic mass is 35.5. The van der Waals surface area contributed by atoms with Crippen LogP contribution in [0.1, 0.15) is 45.3 Å². The molecule has 0 bridgehead atoms. The topological polar surface area (TPSA) is 86.9 Å². The number of halogens is 1. The van der Waals surface area contributed by atoms with E-state index in [2.05, 4.69) is 10.3 Å². The predicted molar refractivity (Wildman–Crippen MR) is 125 cm³/mol. The highest BCUT2D eigenvalue weighted by molar-refractivity contribution is 8.13. The molecule has 1 aliphatic heterocycles. The molecule has 1 aliphatic rings. The summed E-state index contributed by atoms with van der Waals surface area (Å²) in [6.45, 7) is 7.65. The number of amidine groups is 1. The van der Waals surface area contributed by atoms with Crippen LogP contribution in [0.4, 0.5) is 4.79 Å². The number of benzene rings is 1. The SMILES string of the molecule is CSC(=NCCO[C@@H](c1cccc(Cl)c1)C1CCCN(C(=O)OC(C)(C)C)C1)NC#N. The molecule has 1 aromatic carbocycles. The Bertz CT molecular complexity index is 807. The molecule has 0 spiro atoms. The summed E-state index contributed by atoms with van der Waals surface area (Å²) < 4.78 is 11.8. The minimum Gasteiger partial charge on any atom is -0.444 e. The molecule has 1 unspecified atom stereocenters. The lowest BCUT2D eigenvalue weighted by atomic mass is 9.88. The highest BCUT2D eigenvalue weighted by Gasteiger charge is 2.33. The van der Waals surface area contributed by atoms with E-state index in [0.717, 1.165) is 18.4 Å².